The third-order valence-corrected chi connectivity index (χ3v) is 4.42. The van der Waals surface area contributed by atoms with Crippen LogP contribution in [0.4, 0.5) is 0 Å². The van der Waals surface area contributed by atoms with E-state index in [0.29, 0.717) is 31.0 Å². The van der Waals surface area contributed by atoms with Crippen molar-refractivity contribution in [3.05, 3.63) is 42.2 Å². The van der Waals surface area contributed by atoms with Crippen molar-refractivity contribution in [2.75, 3.05) is 20.2 Å². The van der Waals surface area contributed by atoms with Crippen LogP contribution in [0.3, 0.4) is 0 Å². The molecule has 26 heavy (non-hydrogen) atoms. The second kappa shape index (κ2) is 7.61. The van der Waals surface area contributed by atoms with Crippen LogP contribution in [-0.2, 0) is 4.79 Å². The lowest BCUT2D eigenvalue weighted by molar-refractivity contribution is -0.124. The number of nitrogens with two attached hydrogens (primary N) is 1. The number of amides is 2. The molecule has 0 saturated carbocycles. The molecule has 0 spiro atoms. The van der Waals surface area contributed by atoms with E-state index in [-0.39, 0.29) is 23.6 Å². The smallest absolute Gasteiger partial charge is 0.290 e. The van der Waals surface area contributed by atoms with E-state index in [9.17, 15) is 9.59 Å². The van der Waals surface area contributed by atoms with Gasteiger partial charge in [0.05, 0.1) is 7.11 Å². The number of benzene rings is 1. The van der Waals surface area contributed by atoms with Crippen LogP contribution in [0.2, 0.25) is 0 Å². The van der Waals surface area contributed by atoms with Gasteiger partial charge in [-0.05, 0) is 37.6 Å². The second-order valence-corrected chi connectivity index (χ2v) is 6.26. The van der Waals surface area contributed by atoms with Crippen LogP contribution in [0.1, 0.15) is 23.9 Å². The quantitative estimate of drug-likeness (QED) is 0.848. The molecular formula is C19H23N3O4. The number of methoxy groups -OCH3 is 1. The third kappa shape index (κ3) is 3.57. The average Bonchev–Trinajstić information content (AvgIpc) is 3.28. The molecule has 0 unspecified atom stereocenters. The normalized spacial score (nSPS) is 19.4. The molecule has 1 aliphatic heterocycles. The number of rotatable bonds is 5. The molecular weight excluding hydrogens is 334 g/mol. The highest BCUT2D eigenvalue weighted by molar-refractivity contribution is 5.96. The first-order valence-electron chi connectivity index (χ1n) is 8.62. The fourth-order valence-electron chi connectivity index (χ4n) is 3.16. The van der Waals surface area contributed by atoms with E-state index in [2.05, 4.69) is 5.32 Å². The van der Waals surface area contributed by atoms with Gasteiger partial charge in [0.25, 0.3) is 5.91 Å². The molecule has 3 N–H and O–H groups in total. The van der Waals surface area contributed by atoms with Gasteiger partial charge >= 0.3 is 0 Å². The Labute approximate surface area is 152 Å². The SMILES string of the molecule is CCNC(=O)[C@@H]1C[C@@H](N)CN1C(=O)c1ccc(-c2cccc(OC)c2)o1. The highest BCUT2D eigenvalue weighted by atomic mass is 16.5. The van der Waals surface area contributed by atoms with Crippen LogP contribution in [0.5, 0.6) is 5.75 Å². The van der Waals surface area contributed by atoms with Crippen LogP contribution in [0, 0.1) is 0 Å². The van der Waals surface area contributed by atoms with Crippen molar-refractivity contribution in [3.63, 3.8) is 0 Å². The van der Waals surface area contributed by atoms with Crippen molar-refractivity contribution in [2.24, 2.45) is 5.73 Å². The van der Waals surface area contributed by atoms with Gasteiger partial charge in [-0.3, -0.25) is 9.59 Å². The number of nitrogens with zero attached hydrogens (tertiary/aromatic N) is 1. The fourth-order valence-corrected chi connectivity index (χ4v) is 3.16. The summed E-state index contributed by atoms with van der Waals surface area (Å²) in [6.45, 7) is 2.68. The van der Waals surface area contributed by atoms with E-state index in [1.165, 1.54) is 4.90 Å². The topological polar surface area (TPSA) is 97.8 Å². The standard InChI is InChI=1S/C19H23N3O4/c1-3-21-18(23)15-10-13(20)11-22(15)19(24)17-8-7-16(26-17)12-5-4-6-14(9-12)25-2/h4-9,13,15H,3,10-11,20H2,1-2H3,(H,21,23)/t13-,15+/m1/s1. The molecule has 1 fully saturated rings. The Morgan fingerprint density at radius 1 is 1.35 bits per heavy atom. The number of hydrogen-bond acceptors (Lipinski definition) is 5. The minimum atomic E-state index is -0.567. The zero-order chi connectivity index (χ0) is 18.7. The van der Waals surface area contributed by atoms with Crippen molar-refractivity contribution in [2.45, 2.75) is 25.4 Å². The number of likely N-dealkylation sites (N-methyl/N-ethyl adjacent to an activating group) is 1. The van der Waals surface area contributed by atoms with Crippen molar-refractivity contribution in [1.82, 2.24) is 10.2 Å². The largest absolute Gasteiger partial charge is 0.497 e. The monoisotopic (exact) mass is 357 g/mol. The van der Waals surface area contributed by atoms with E-state index >= 15 is 0 Å². The predicted octanol–water partition coefficient (Wildman–Crippen LogP) is 1.63. The number of furan rings is 1. The predicted molar refractivity (Wildman–Crippen MR) is 96.8 cm³/mol. The lowest BCUT2D eigenvalue weighted by Crippen LogP contribution is -2.45. The van der Waals surface area contributed by atoms with E-state index in [1.54, 1.807) is 19.2 Å². The van der Waals surface area contributed by atoms with Crippen LogP contribution < -0.4 is 15.8 Å². The highest BCUT2D eigenvalue weighted by Crippen LogP contribution is 2.27. The molecule has 2 aromatic rings. The first-order chi connectivity index (χ1) is 12.5. The lowest BCUT2D eigenvalue weighted by Gasteiger charge is -2.22. The maximum atomic E-state index is 12.9. The van der Waals surface area contributed by atoms with Gasteiger partial charge in [0.2, 0.25) is 5.91 Å². The van der Waals surface area contributed by atoms with Gasteiger partial charge in [0, 0.05) is 24.7 Å². The Balaban J connectivity index is 1.81. The van der Waals surface area contributed by atoms with E-state index < -0.39 is 6.04 Å². The maximum Gasteiger partial charge on any atom is 0.290 e. The van der Waals surface area contributed by atoms with Crippen LogP contribution in [0.25, 0.3) is 11.3 Å². The van der Waals surface area contributed by atoms with Gasteiger partial charge in [-0.25, -0.2) is 0 Å². The molecule has 0 aliphatic carbocycles. The summed E-state index contributed by atoms with van der Waals surface area (Å²) in [5.41, 5.74) is 6.78. The molecule has 1 saturated heterocycles. The van der Waals surface area contributed by atoms with E-state index in [0.717, 1.165) is 5.56 Å². The summed E-state index contributed by atoms with van der Waals surface area (Å²) in [6, 6.07) is 9.95. The van der Waals surface area contributed by atoms with Crippen molar-refractivity contribution in [3.8, 4) is 17.1 Å². The summed E-state index contributed by atoms with van der Waals surface area (Å²) in [6.07, 6.45) is 0.445. The first-order valence-corrected chi connectivity index (χ1v) is 8.62. The average molecular weight is 357 g/mol. The van der Waals surface area contributed by atoms with Gasteiger partial charge < -0.3 is 25.1 Å². The molecule has 1 aromatic heterocycles. The summed E-state index contributed by atoms with van der Waals surface area (Å²) in [5, 5.41) is 2.76. The van der Waals surface area contributed by atoms with E-state index in [1.807, 2.05) is 31.2 Å². The van der Waals surface area contributed by atoms with Gasteiger partial charge in [-0.15, -0.1) is 0 Å². The molecule has 7 heteroatoms. The molecule has 1 aromatic carbocycles. The summed E-state index contributed by atoms with van der Waals surface area (Å²) < 4.78 is 11.0. The van der Waals surface area contributed by atoms with Crippen LogP contribution >= 0.6 is 0 Å². The number of nitrogens with one attached hydrogen (secondary N) is 1. The number of hydrogen-bond donors (Lipinski definition) is 2. The molecule has 2 amide bonds. The molecule has 3 rings (SSSR count). The Morgan fingerprint density at radius 3 is 2.88 bits per heavy atom. The van der Waals surface area contributed by atoms with Gasteiger partial charge in [0.1, 0.15) is 17.6 Å². The van der Waals surface area contributed by atoms with E-state index in [4.69, 9.17) is 14.9 Å². The van der Waals surface area contributed by atoms with Crippen LogP contribution in [-0.4, -0.2) is 49.0 Å². The van der Waals surface area contributed by atoms with Crippen LogP contribution in [0.15, 0.2) is 40.8 Å². The summed E-state index contributed by atoms with van der Waals surface area (Å²) in [5.74, 6) is 0.932. The Kier molecular flexibility index (Phi) is 5.27. The minimum absolute atomic E-state index is 0.186. The zero-order valence-electron chi connectivity index (χ0n) is 14.9. The number of likely N-dealkylation sites (tertiary alicyclic amines) is 1. The molecule has 0 bridgehead atoms. The molecule has 138 valence electrons. The summed E-state index contributed by atoms with van der Waals surface area (Å²) in [7, 11) is 1.59. The molecule has 2 heterocycles. The Bertz CT molecular complexity index is 802. The number of carbonyl (C=O) groups is 2. The molecule has 1 aliphatic rings. The van der Waals surface area contributed by atoms with Crippen molar-refractivity contribution in [1.29, 1.82) is 0 Å². The zero-order valence-corrected chi connectivity index (χ0v) is 14.9. The van der Waals surface area contributed by atoms with Crippen molar-refractivity contribution < 1.29 is 18.7 Å². The Hall–Kier alpha value is -2.80. The number of ether oxygens (including phenoxy) is 1. The highest BCUT2D eigenvalue weighted by Gasteiger charge is 2.39. The number of carbonyl (C=O) groups excluding carboxylic acids is 2. The summed E-state index contributed by atoms with van der Waals surface area (Å²) >= 11 is 0. The molecule has 0 radical (unpaired) electrons. The fraction of sp³-hybridized carbons (Fsp3) is 0.368. The molecule has 7 nitrogen and oxygen atoms in total. The van der Waals surface area contributed by atoms with Gasteiger partial charge in [-0.2, -0.15) is 0 Å². The maximum absolute atomic E-state index is 12.9. The minimum Gasteiger partial charge on any atom is -0.497 e. The third-order valence-electron chi connectivity index (χ3n) is 4.42. The van der Waals surface area contributed by atoms with Crippen molar-refractivity contribution >= 4 is 11.8 Å². The lowest BCUT2D eigenvalue weighted by atomic mass is 10.1. The Morgan fingerprint density at radius 2 is 2.15 bits per heavy atom. The van der Waals surface area contributed by atoms with Gasteiger partial charge in [-0.1, -0.05) is 12.1 Å². The summed E-state index contributed by atoms with van der Waals surface area (Å²) in [4.78, 5) is 26.6. The molecule has 2 atom stereocenters. The first kappa shape index (κ1) is 18.0. The van der Waals surface area contributed by atoms with Gasteiger partial charge in [0.15, 0.2) is 5.76 Å². The second-order valence-electron chi connectivity index (χ2n) is 6.26.